The molecule has 0 spiro atoms. The van der Waals surface area contributed by atoms with E-state index in [1.54, 1.807) is 6.08 Å². The first-order chi connectivity index (χ1) is 7.14. The minimum absolute atomic E-state index is 0.305. The Morgan fingerprint density at radius 1 is 1.67 bits per heavy atom. The van der Waals surface area contributed by atoms with Gasteiger partial charge in [0.2, 0.25) is 0 Å². The molecule has 0 saturated heterocycles. The lowest BCUT2D eigenvalue weighted by molar-refractivity contribution is -0.146. The van der Waals surface area contributed by atoms with E-state index < -0.39 is 6.10 Å². The SMILES string of the molecule is C=CCC(O)C1(OCC)CCCC(C)C1. The highest BCUT2D eigenvalue weighted by Gasteiger charge is 2.41. The molecule has 0 aromatic carbocycles. The van der Waals surface area contributed by atoms with Crippen LogP contribution in [0.2, 0.25) is 0 Å². The van der Waals surface area contributed by atoms with Crippen molar-refractivity contribution in [3.63, 3.8) is 0 Å². The second kappa shape index (κ2) is 5.66. The van der Waals surface area contributed by atoms with Crippen LogP contribution in [0.5, 0.6) is 0 Å². The number of hydrogen-bond acceptors (Lipinski definition) is 2. The van der Waals surface area contributed by atoms with Crippen molar-refractivity contribution in [3.8, 4) is 0 Å². The molecule has 1 aliphatic rings. The van der Waals surface area contributed by atoms with Crippen LogP contribution in [0.3, 0.4) is 0 Å². The van der Waals surface area contributed by atoms with Gasteiger partial charge in [0.25, 0.3) is 0 Å². The highest BCUT2D eigenvalue weighted by molar-refractivity contribution is 4.95. The Morgan fingerprint density at radius 3 is 2.93 bits per heavy atom. The third kappa shape index (κ3) is 3.05. The minimum Gasteiger partial charge on any atom is -0.390 e. The maximum absolute atomic E-state index is 10.2. The van der Waals surface area contributed by atoms with Gasteiger partial charge in [-0.05, 0) is 32.1 Å². The van der Waals surface area contributed by atoms with Crippen molar-refractivity contribution in [1.29, 1.82) is 0 Å². The largest absolute Gasteiger partial charge is 0.390 e. The van der Waals surface area contributed by atoms with Gasteiger partial charge >= 0.3 is 0 Å². The van der Waals surface area contributed by atoms with Crippen molar-refractivity contribution in [1.82, 2.24) is 0 Å². The zero-order valence-electron chi connectivity index (χ0n) is 10.0. The fourth-order valence-electron chi connectivity index (χ4n) is 2.73. The standard InChI is InChI=1S/C13H24O2/c1-4-7-12(14)13(15-5-2)9-6-8-11(3)10-13/h4,11-12,14H,1,5-10H2,2-3H3. The summed E-state index contributed by atoms with van der Waals surface area (Å²) in [4.78, 5) is 0. The second-order valence-corrected chi connectivity index (χ2v) is 4.74. The van der Waals surface area contributed by atoms with E-state index in [2.05, 4.69) is 13.5 Å². The van der Waals surface area contributed by atoms with Crippen LogP contribution in [0.1, 0.15) is 46.0 Å². The smallest absolute Gasteiger partial charge is 0.0945 e. The zero-order chi connectivity index (χ0) is 11.3. The lowest BCUT2D eigenvalue weighted by atomic mass is 9.75. The van der Waals surface area contributed by atoms with Crippen LogP contribution >= 0.6 is 0 Å². The van der Waals surface area contributed by atoms with Crippen LogP contribution in [0, 0.1) is 5.92 Å². The monoisotopic (exact) mass is 212 g/mol. The molecule has 15 heavy (non-hydrogen) atoms. The molecule has 1 rings (SSSR count). The lowest BCUT2D eigenvalue weighted by Gasteiger charge is -2.43. The van der Waals surface area contributed by atoms with E-state index in [1.807, 2.05) is 6.92 Å². The Kier molecular flexibility index (Phi) is 4.81. The molecular formula is C13H24O2. The van der Waals surface area contributed by atoms with Gasteiger partial charge in [-0.25, -0.2) is 0 Å². The molecule has 0 bridgehead atoms. The first-order valence-electron chi connectivity index (χ1n) is 6.07. The van der Waals surface area contributed by atoms with Gasteiger partial charge in [-0.15, -0.1) is 6.58 Å². The maximum Gasteiger partial charge on any atom is 0.0945 e. The first-order valence-corrected chi connectivity index (χ1v) is 6.07. The average molecular weight is 212 g/mol. The Labute approximate surface area is 93.3 Å². The van der Waals surface area contributed by atoms with Crippen LogP contribution < -0.4 is 0 Å². The molecule has 88 valence electrons. The molecule has 2 nitrogen and oxygen atoms in total. The molecule has 1 N–H and O–H groups in total. The summed E-state index contributed by atoms with van der Waals surface area (Å²) in [5.41, 5.74) is -0.305. The van der Waals surface area contributed by atoms with Gasteiger partial charge in [-0.3, -0.25) is 0 Å². The summed E-state index contributed by atoms with van der Waals surface area (Å²) in [6.07, 6.45) is 6.41. The molecule has 0 aromatic heterocycles. The maximum atomic E-state index is 10.2. The predicted molar refractivity (Wildman–Crippen MR) is 62.8 cm³/mol. The summed E-state index contributed by atoms with van der Waals surface area (Å²) in [7, 11) is 0. The molecule has 2 heteroatoms. The summed E-state index contributed by atoms with van der Waals surface area (Å²) in [6.45, 7) is 8.62. The molecule has 3 atom stereocenters. The van der Waals surface area contributed by atoms with Crippen LogP contribution in [0.25, 0.3) is 0 Å². The third-order valence-electron chi connectivity index (χ3n) is 3.42. The number of ether oxygens (including phenoxy) is 1. The summed E-state index contributed by atoms with van der Waals surface area (Å²) >= 11 is 0. The fraction of sp³-hybridized carbons (Fsp3) is 0.846. The Bertz CT molecular complexity index is 199. The van der Waals surface area contributed by atoms with E-state index in [0.717, 1.165) is 19.3 Å². The van der Waals surface area contributed by atoms with E-state index in [9.17, 15) is 5.11 Å². The van der Waals surface area contributed by atoms with Gasteiger partial charge in [0.05, 0.1) is 11.7 Å². The van der Waals surface area contributed by atoms with Gasteiger partial charge < -0.3 is 9.84 Å². The van der Waals surface area contributed by atoms with Crippen molar-refractivity contribution < 1.29 is 9.84 Å². The highest BCUT2D eigenvalue weighted by atomic mass is 16.5. The van der Waals surface area contributed by atoms with E-state index >= 15 is 0 Å². The molecule has 1 saturated carbocycles. The number of hydrogen-bond donors (Lipinski definition) is 1. The molecule has 1 fully saturated rings. The van der Waals surface area contributed by atoms with Gasteiger partial charge in [-0.2, -0.15) is 0 Å². The predicted octanol–water partition coefficient (Wildman–Crippen LogP) is 2.91. The van der Waals surface area contributed by atoms with Crippen molar-refractivity contribution in [2.24, 2.45) is 5.92 Å². The lowest BCUT2D eigenvalue weighted by Crippen LogP contribution is -2.48. The van der Waals surface area contributed by atoms with Crippen molar-refractivity contribution in [3.05, 3.63) is 12.7 Å². The quantitative estimate of drug-likeness (QED) is 0.710. The molecule has 0 aromatic rings. The normalized spacial score (nSPS) is 33.7. The molecule has 0 amide bonds. The van der Waals surface area contributed by atoms with Gasteiger partial charge in [0.1, 0.15) is 0 Å². The summed E-state index contributed by atoms with van der Waals surface area (Å²) in [6, 6.07) is 0. The Balaban J connectivity index is 2.71. The summed E-state index contributed by atoms with van der Waals surface area (Å²) in [5, 5.41) is 10.2. The van der Waals surface area contributed by atoms with Crippen LogP contribution in [0.15, 0.2) is 12.7 Å². The Hall–Kier alpha value is -0.340. The third-order valence-corrected chi connectivity index (χ3v) is 3.42. The second-order valence-electron chi connectivity index (χ2n) is 4.74. The summed E-state index contributed by atoms with van der Waals surface area (Å²) < 4.78 is 5.86. The van der Waals surface area contributed by atoms with E-state index in [-0.39, 0.29) is 5.60 Å². The van der Waals surface area contributed by atoms with Gasteiger partial charge in [0.15, 0.2) is 0 Å². The van der Waals surface area contributed by atoms with Gasteiger partial charge in [0, 0.05) is 6.61 Å². The Morgan fingerprint density at radius 2 is 2.40 bits per heavy atom. The fourth-order valence-corrected chi connectivity index (χ4v) is 2.73. The highest BCUT2D eigenvalue weighted by Crippen LogP contribution is 2.38. The molecule has 0 radical (unpaired) electrons. The number of aliphatic hydroxyl groups is 1. The van der Waals surface area contributed by atoms with E-state index in [0.29, 0.717) is 18.9 Å². The van der Waals surface area contributed by atoms with E-state index in [1.165, 1.54) is 6.42 Å². The van der Waals surface area contributed by atoms with Crippen molar-refractivity contribution in [2.45, 2.75) is 57.7 Å². The van der Waals surface area contributed by atoms with Crippen LogP contribution in [-0.2, 0) is 4.74 Å². The number of aliphatic hydroxyl groups excluding tert-OH is 1. The molecule has 1 aliphatic carbocycles. The molecule has 0 heterocycles. The topological polar surface area (TPSA) is 29.5 Å². The average Bonchev–Trinajstić information content (AvgIpc) is 2.18. The first kappa shape index (κ1) is 12.7. The molecule has 0 aliphatic heterocycles. The molecular weight excluding hydrogens is 188 g/mol. The van der Waals surface area contributed by atoms with Crippen LogP contribution in [-0.4, -0.2) is 23.4 Å². The van der Waals surface area contributed by atoms with Crippen molar-refractivity contribution >= 4 is 0 Å². The van der Waals surface area contributed by atoms with Crippen molar-refractivity contribution in [2.75, 3.05) is 6.61 Å². The zero-order valence-corrected chi connectivity index (χ0v) is 10.0. The summed E-state index contributed by atoms with van der Waals surface area (Å²) in [5.74, 6) is 0.657. The number of rotatable bonds is 5. The molecule has 3 unspecified atom stereocenters. The van der Waals surface area contributed by atoms with Gasteiger partial charge in [-0.1, -0.05) is 25.8 Å². The van der Waals surface area contributed by atoms with E-state index in [4.69, 9.17) is 4.74 Å². The minimum atomic E-state index is -0.391. The van der Waals surface area contributed by atoms with Crippen LogP contribution in [0.4, 0.5) is 0 Å².